The number of fused-ring (bicyclic) bond motifs is 1. The minimum Gasteiger partial charge on any atom is -0.350 e. The van der Waals surface area contributed by atoms with Crippen molar-refractivity contribution in [1.82, 2.24) is 19.6 Å². The number of anilines is 1. The summed E-state index contributed by atoms with van der Waals surface area (Å²) in [6.07, 6.45) is 8.38. The lowest BCUT2D eigenvalue weighted by molar-refractivity contribution is 0.0972. The summed E-state index contributed by atoms with van der Waals surface area (Å²) in [7, 11) is -3.63. The lowest BCUT2D eigenvalue weighted by atomic mass is 9.96. The van der Waals surface area contributed by atoms with Gasteiger partial charge in [0.2, 0.25) is 15.8 Å². The topological polar surface area (TPSA) is 106 Å². The summed E-state index contributed by atoms with van der Waals surface area (Å²) in [6, 6.07) is 7.22. The summed E-state index contributed by atoms with van der Waals surface area (Å²) < 4.78 is 25.8. The highest BCUT2D eigenvalue weighted by molar-refractivity contribution is 7.90. The van der Waals surface area contributed by atoms with Gasteiger partial charge in [-0.1, -0.05) is 45.0 Å². The first-order chi connectivity index (χ1) is 14.6. The van der Waals surface area contributed by atoms with E-state index in [0.29, 0.717) is 11.2 Å². The fraction of sp³-hybridized carbons (Fsp3) is 0.364. The smallest absolute Gasteiger partial charge is 0.252 e. The van der Waals surface area contributed by atoms with Crippen LogP contribution < -0.4 is 5.32 Å². The van der Waals surface area contributed by atoms with E-state index in [1.165, 1.54) is 4.52 Å². The number of carbonyl (C=O) groups is 1. The van der Waals surface area contributed by atoms with Crippen molar-refractivity contribution in [3.05, 3.63) is 47.2 Å². The van der Waals surface area contributed by atoms with E-state index in [9.17, 15) is 13.2 Å². The van der Waals surface area contributed by atoms with Gasteiger partial charge in [-0.25, -0.2) is 8.42 Å². The Balaban J connectivity index is 1.99. The van der Waals surface area contributed by atoms with Crippen molar-refractivity contribution in [3.63, 3.8) is 0 Å². The second kappa shape index (κ2) is 8.86. The van der Waals surface area contributed by atoms with Crippen LogP contribution in [0.3, 0.4) is 0 Å². The number of carbonyl (C=O) groups excluding carboxylic acids is 1. The molecule has 0 spiro atoms. The molecule has 1 unspecified atom stereocenters. The molecule has 0 saturated carbocycles. The molecule has 0 aliphatic rings. The van der Waals surface area contributed by atoms with E-state index in [1.807, 2.05) is 32.9 Å². The minimum atomic E-state index is -3.63. The lowest BCUT2D eigenvalue weighted by Crippen LogP contribution is -2.15. The normalized spacial score (nSPS) is 12.6. The Morgan fingerprint density at radius 3 is 2.58 bits per heavy atom. The summed E-state index contributed by atoms with van der Waals surface area (Å²) >= 11 is 0. The van der Waals surface area contributed by atoms with Crippen LogP contribution >= 0.6 is 0 Å². The molecule has 0 amide bonds. The zero-order chi connectivity index (χ0) is 22.8. The molecule has 31 heavy (non-hydrogen) atoms. The van der Waals surface area contributed by atoms with Gasteiger partial charge in [0.15, 0.2) is 11.4 Å². The van der Waals surface area contributed by atoms with Crippen molar-refractivity contribution in [2.45, 2.75) is 44.8 Å². The number of aromatic nitrogens is 4. The highest BCUT2D eigenvalue weighted by Gasteiger charge is 2.20. The van der Waals surface area contributed by atoms with Crippen molar-refractivity contribution in [2.75, 3.05) is 11.6 Å². The van der Waals surface area contributed by atoms with Crippen LogP contribution in [-0.4, -0.2) is 40.0 Å². The van der Waals surface area contributed by atoms with E-state index in [0.717, 1.165) is 17.4 Å². The van der Waals surface area contributed by atoms with Crippen LogP contribution in [0.15, 0.2) is 35.6 Å². The molecule has 0 saturated heterocycles. The van der Waals surface area contributed by atoms with Crippen LogP contribution in [0, 0.1) is 18.3 Å². The average molecular weight is 440 g/mol. The van der Waals surface area contributed by atoms with E-state index in [-0.39, 0.29) is 41.7 Å². The molecule has 0 aliphatic heterocycles. The van der Waals surface area contributed by atoms with E-state index in [2.05, 4.69) is 26.3 Å². The molecule has 2 heterocycles. The van der Waals surface area contributed by atoms with Crippen molar-refractivity contribution in [3.8, 4) is 12.3 Å². The van der Waals surface area contributed by atoms with Gasteiger partial charge in [0.25, 0.3) is 5.16 Å². The van der Waals surface area contributed by atoms with Gasteiger partial charge in [0.1, 0.15) is 0 Å². The molecule has 1 atom stereocenters. The average Bonchev–Trinajstić information content (AvgIpc) is 3.16. The number of benzene rings is 1. The van der Waals surface area contributed by atoms with Crippen molar-refractivity contribution in [2.24, 2.45) is 5.92 Å². The van der Waals surface area contributed by atoms with Crippen molar-refractivity contribution in [1.29, 1.82) is 0 Å². The number of hydrogen-bond acceptors (Lipinski definition) is 7. The quantitative estimate of drug-likeness (QED) is 0.424. The number of sulfone groups is 1. The molecule has 2 aromatic heterocycles. The van der Waals surface area contributed by atoms with E-state index in [1.54, 1.807) is 18.3 Å². The monoisotopic (exact) mass is 439 g/mol. The van der Waals surface area contributed by atoms with Crippen LogP contribution in [0.1, 0.15) is 54.6 Å². The molecule has 8 nitrogen and oxygen atoms in total. The first kappa shape index (κ1) is 22.4. The summed E-state index contributed by atoms with van der Waals surface area (Å²) in [4.78, 5) is 21.1. The maximum absolute atomic E-state index is 12.7. The molecular formula is C22H25N5O3S. The van der Waals surface area contributed by atoms with Crippen LogP contribution in [0.25, 0.3) is 5.65 Å². The molecular weight excluding hydrogens is 414 g/mol. The summed E-state index contributed by atoms with van der Waals surface area (Å²) in [5.41, 5.74) is 2.56. The third-order valence-electron chi connectivity index (χ3n) is 4.86. The van der Waals surface area contributed by atoms with Gasteiger partial charge >= 0.3 is 0 Å². The van der Waals surface area contributed by atoms with Gasteiger partial charge in [-0.2, -0.15) is 19.6 Å². The van der Waals surface area contributed by atoms with Gasteiger partial charge in [0.05, 0.1) is 6.20 Å². The van der Waals surface area contributed by atoms with Crippen molar-refractivity contribution < 1.29 is 13.2 Å². The van der Waals surface area contributed by atoms with Crippen molar-refractivity contribution >= 4 is 27.2 Å². The molecule has 0 fully saturated rings. The predicted molar refractivity (Wildman–Crippen MR) is 119 cm³/mol. The zero-order valence-electron chi connectivity index (χ0n) is 18.0. The van der Waals surface area contributed by atoms with E-state index in [4.69, 9.17) is 6.42 Å². The number of nitrogens with one attached hydrogen (secondary N) is 1. The number of nitrogens with zero attached hydrogens (tertiary/aromatic N) is 4. The zero-order valence-corrected chi connectivity index (χ0v) is 18.8. The molecule has 0 radical (unpaired) electrons. The van der Waals surface area contributed by atoms with Gasteiger partial charge in [-0.15, -0.1) is 12.3 Å². The number of Topliss-reactive ketones (excluding diaryl/α,β-unsaturated/α-hetero) is 1. The summed E-state index contributed by atoms with van der Waals surface area (Å²) in [6.45, 7) is 6.03. The SMILES string of the molecule is C#CC(C)CC(=O)c1ccccc1CNc1nc(S(C)(=O)=O)nc2c(C(C)C)cnn12. The van der Waals surface area contributed by atoms with Crippen LogP contribution in [0.2, 0.25) is 0 Å². The maximum atomic E-state index is 12.7. The van der Waals surface area contributed by atoms with Crippen LogP contribution in [-0.2, 0) is 16.4 Å². The Morgan fingerprint density at radius 2 is 1.94 bits per heavy atom. The predicted octanol–water partition coefficient (Wildman–Crippen LogP) is 3.11. The molecule has 1 N–H and O–H groups in total. The first-order valence-electron chi connectivity index (χ1n) is 9.88. The van der Waals surface area contributed by atoms with Gasteiger partial charge < -0.3 is 5.32 Å². The Bertz CT molecular complexity index is 1270. The van der Waals surface area contributed by atoms with Crippen LogP contribution in [0.5, 0.6) is 0 Å². The molecule has 162 valence electrons. The molecule has 1 aromatic carbocycles. The number of ketones is 1. The number of hydrogen-bond donors (Lipinski definition) is 1. The highest BCUT2D eigenvalue weighted by Crippen LogP contribution is 2.23. The fourth-order valence-corrected chi connectivity index (χ4v) is 3.63. The Labute approximate surface area is 182 Å². The maximum Gasteiger partial charge on any atom is 0.252 e. The third kappa shape index (κ3) is 4.91. The third-order valence-corrected chi connectivity index (χ3v) is 5.71. The first-order valence-corrected chi connectivity index (χ1v) is 11.8. The fourth-order valence-electron chi connectivity index (χ4n) is 3.13. The Hall–Kier alpha value is -3.25. The molecule has 3 aromatic rings. The summed E-state index contributed by atoms with van der Waals surface area (Å²) in [5, 5.41) is 7.17. The highest BCUT2D eigenvalue weighted by atomic mass is 32.2. The second-order valence-corrected chi connectivity index (χ2v) is 9.71. The molecule has 0 aliphatic carbocycles. The van der Waals surface area contributed by atoms with Crippen LogP contribution in [0.4, 0.5) is 5.95 Å². The standard InChI is InChI=1S/C22H25N5O3S/c1-6-15(4)11-19(28)17-10-8-7-9-16(17)12-23-21-26-22(31(5,29)30)25-20-18(14(2)3)13-24-27(20)21/h1,7-10,13-15H,11-12H2,2-5H3,(H,23,25,26). The summed E-state index contributed by atoms with van der Waals surface area (Å²) in [5.74, 6) is 2.70. The molecule has 9 heteroatoms. The lowest BCUT2D eigenvalue weighted by Gasteiger charge is -2.13. The van der Waals surface area contributed by atoms with Gasteiger partial charge in [-0.3, -0.25) is 4.79 Å². The molecule has 0 bridgehead atoms. The van der Waals surface area contributed by atoms with Gasteiger partial charge in [0, 0.05) is 36.3 Å². The largest absolute Gasteiger partial charge is 0.350 e. The number of rotatable bonds is 8. The second-order valence-electron chi connectivity index (χ2n) is 7.80. The Kier molecular flexibility index (Phi) is 6.41. The number of terminal acetylenes is 1. The van der Waals surface area contributed by atoms with E-state index < -0.39 is 9.84 Å². The molecule has 3 rings (SSSR count). The van der Waals surface area contributed by atoms with E-state index >= 15 is 0 Å². The minimum absolute atomic E-state index is 0.0475. The van der Waals surface area contributed by atoms with Gasteiger partial charge in [-0.05, 0) is 11.5 Å². The Morgan fingerprint density at radius 1 is 1.23 bits per heavy atom.